The molecule has 0 saturated carbocycles. The molecule has 10 heavy (non-hydrogen) atoms. The molecule has 0 nitrogen and oxygen atoms in total. The summed E-state index contributed by atoms with van der Waals surface area (Å²) < 4.78 is 0. The van der Waals surface area contributed by atoms with Gasteiger partial charge in [-0.3, -0.25) is 0 Å². The van der Waals surface area contributed by atoms with Gasteiger partial charge >= 0.3 is 0 Å². The highest BCUT2D eigenvalue weighted by Gasteiger charge is 1.80. The lowest BCUT2D eigenvalue weighted by Gasteiger charge is -1.90. The van der Waals surface area contributed by atoms with Gasteiger partial charge in [-0.25, -0.2) is 0 Å². The molecule has 0 saturated heterocycles. The molecule has 0 aliphatic heterocycles. The van der Waals surface area contributed by atoms with E-state index in [1.165, 1.54) is 32.1 Å². The molecular weight excluding hydrogens is 140 g/mol. The van der Waals surface area contributed by atoms with E-state index in [1.54, 1.807) is 0 Å². The molecule has 0 unspecified atom stereocenters. The van der Waals surface area contributed by atoms with Gasteiger partial charge in [0.25, 0.3) is 0 Å². The molecule has 0 heterocycles. The molecule has 0 aromatic carbocycles. The van der Waals surface area contributed by atoms with Crippen LogP contribution in [0.25, 0.3) is 0 Å². The highest BCUT2D eigenvalue weighted by molar-refractivity contribution is 7.59. The monoisotopic (exact) mass is 166 g/mol. The molecule has 0 N–H and O–H groups in total. The first kappa shape index (κ1) is 22.4. The predicted molar refractivity (Wildman–Crippen MR) is 58.3 cm³/mol. The third kappa shape index (κ3) is 23.8. The zero-order chi connectivity index (χ0) is 5.54. The molecule has 0 radical (unpaired) electrons. The van der Waals surface area contributed by atoms with E-state index in [2.05, 4.69) is 13.8 Å². The van der Waals surface area contributed by atoms with Gasteiger partial charge in [0, 0.05) is 0 Å². The molecule has 0 spiro atoms. The summed E-state index contributed by atoms with van der Waals surface area (Å²) in [6.07, 6.45) is 7.01. The predicted octanol–water partition coefficient (Wildman–Crippen LogP) is 4.36. The van der Waals surface area contributed by atoms with Gasteiger partial charge in [-0.2, -0.15) is 13.5 Å². The summed E-state index contributed by atoms with van der Waals surface area (Å²) in [4.78, 5) is 0. The summed E-state index contributed by atoms with van der Waals surface area (Å²) in [5.74, 6) is 0. The molecule has 0 atom stereocenters. The van der Waals surface area contributed by atoms with Crippen molar-refractivity contribution >= 4 is 13.5 Å². The molecule has 0 fully saturated rings. The second kappa shape index (κ2) is 22.8. The minimum atomic E-state index is 0. The van der Waals surface area contributed by atoms with Crippen molar-refractivity contribution in [2.75, 3.05) is 0 Å². The highest BCUT2D eigenvalue weighted by Crippen LogP contribution is 2.00. The Morgan fingerprint density at radius 3 is 1.20 bits per heavy atom. The van der Waals surface area contributed by atoms with Gasteiger partial charge in [0.1, 0.15) is 0 Å². The summed E-state index contributed by atoms with van der Waals surface area (Å²) >= 11 is 0. The van der Waals surface area contributed by atoms with E-state index in [4.69, 9.17) is 0 Å². The van der Waals surface area contributed by atoms with Crippen LogP contribution in [0.2, 0.25) is 0 Å². The van der Waals surface area contributed by atoms with E-state index >= 15 is 0 Å². The number of unbranched alkanes of at least 4 members (excludes halogenated alkanes) is 4. The zero-order valence-electron chi connectivity index (χ0n) is 6.04. The van der Waals surface area contributed by atoms with Gasteiger partial charge in [-0.05, 0) is 0 Å². The van der Waals surface area contributed by atoms with E-state index in [-0.39, 0.29) is 28.3 Å². The van der Waals surface area contributed by atoms with Crippen molar-refractivity contribution in [1.82, 2.24) is 0 Å². The van der Waals surface area contributed by atoms with E-state index in [0.717, 1.165) is 0 Å². The first-order valence-electron chi connectivity index (χ1n) is 3.41. The third-order valence-electron chi connectivity index (χ3n) is 1.21. The Bertz CT molecular complexity index is 23.9. The van der Waals surface area contributed by atoms with Crippen molar-refractivity contribution in [2.24, 2.45) is 0 Å². The fourth-order valence-electron chi connectivity index (χ4n) is 0.677. The summed E-state index contributed by atoms with van der Waals surface area (Å²) in [5, 5.41) is 0. The van der Waals surface area contributed by atoms with Crippen LogP contribution < -0.4 is 0 Å². The maximum Gasteiger partial charge on any atom is -0.0533 e. The zero-order valence-corrected chi connectivity index (χ0v) is 7.04. The maximum absolute atomic E-state index is 2.25. The average molecular weight is 166 g/mol. The fraction of sp³-hybridized carbons (Fsp3) is 1.00. The van der Waals surface area contributed by atoms with Crippen LogP contribution in [0, 0.1) is 0 Å². The smallest absolute Gasteiger partial charge is 0.0533 e. The van der Waals surface area contributed by atoms with Crippen molar-refractivity contribution in [3.8, 4) is 0 Å². The van der Waals surface area contributed by atoms with E-state index in [1.807, 2.05) is 0 Å². The van der Waals surface area contributed by atoms with Crippen LogP contribution in [0.5, 0.6) is 0 Å². The number of hydrogen-bond donors (Lipinski definition) is 0. The molecule has 0 aromatic heterocycles. The average Bonchev–Trinajstić information content (AvgIpc) is 1.69. The van der Waals surface area contributed by atoms with Gasteiger partial charge in [0.2, 0.25) is 0 Å². The third-order valence-corrected chi connectivity index (χ3v) is 1.21. The standard InChI is InChI=1S/C7H16.2CH4.H2S/c1-3-5-7-6-4-2;;;/h3-7H2,1-2H3;2*1H4;1H2. The van der Waals surface area contributed by atoms with Crippen molar-refractivity contribution in [2.45, 2.75) is 60.8 Å². The molecule has 0 amide bonds. The largest absolute Gasteiger partial charge is 0.197 e. The molecule has 0 aromatic rings. The summed E-state index contributed by atoms with van der Waals surface area (Å²) in [7, 11) is 0. The summed E-state index contributed by atoms with van der Waals surface area (Å²) in [5.41, 5.74) is 0. The summed E-state index contributed by atoms with van der Waals surface area (Å²) in [6.45, 7) is 4.49. The van der Waals surface area contributed by atoms with Crippen molar-refractivity contribution in [3.05, 3.63) is 0 Å². The quantitative estimate of drug-likeness (QED) is 0.544. The maximum atomic E-state index is 2.25. The first-order chi connectivity index (χ1) is 3.41. The second-order valence-electron chi connectivity index (χ2n) is 2.06. The Labute approximate surface area is 74.9 Å². The normalized spacial score (nSPS) is 6.60. The van der Waals surface area contributed by atoms with Crippen LogP contribution in [-0.4, -0.2) is 0 Å². The van der Waals surface area contributed by atoms with Crippen LogP contribution >= 0.6 is 13.5 Å². The summed E-state index contributed by atoms with van der Waals surface area (Å²) in [6, 6.07) is 0. The van der Waals surface area contributed by atoms with Crippen molar-refractivity contribution in [3.63, 3.8) is 0 Å². The molecule has 1 heteroatoms. The van der Waals surface area contributed by atoms with E-state index in [0.29, 0.717) is 0 Å². The van der Waals surface area contributed by atoms with Crippen LogP contribution in [-0.2, 0) is 0 Å². The van der Waals surface area contributed by atoms with Gasteiger partial charge in [-0.15, -0.1) is 0 Å². The first-order valence-corrected chi connectivity index (χ1v) is 3.41. The Morgan fingerprint density at radius 1 is 0.700 bits per heavy atom. The second-order valence-corrected chi connectivity index (χ2v) is 2.06. The lowest BCUT2D eigenvalue weighted by atomic mass is 10.2. The lowest BCUT2D eigenvalue weighted by molar-refractivity contribution is 0.656. The van der Waals surface area contributed by atoms with E-state index < -0.39 is 0 Å². The fourth-order valence-corrected chi connectivity index (χ4v) is 0.677. The van der Waals surface area contributed by atoms with E-state index in [9.17, 15) is 0 Å². The molecule has 0 aliphatic carbocycles. The Morgan fingerprint density at radius 2 is 1.00 bits per heavy atom. The number of rotatable bonds is 4. The van der Waals surface area contributed by atoms with Crippen LogP contribution in [0.1, 0.15) is 60.8 Å². The van der Waals surface area contributed by atoms with Crippen molar-refractivity contribution < 1.29 is 0 Å². The topological polar surface area (TPSA) is 0 Å². The Balaban J connectivity index is -0.0000000600. The lowest BCUT2D eigenvalue weighted by Crippen LogP contribution is -1.70. The van der Waals surface area contributed by atoms with Gasteiger partial charge < -0.3 is 0 Å². The van der Waals surface area contributed by atoms with Crippen molar-refractivity contribution in [1.29, 1.82) is 0 Å². The SMILES string of the molecule is C.C.CCCCCCC.S. The van der Waals surface area contributed by atoms with Gasteiger partial charge in [0.05, 0.1) is 0 Å². The Hall–Kier alpha value is 0.350. The molecular formula is C9H26S. The highest BCUT2D eigenvalue weighted by atomic mass is 32.1. The Kier molecular flexibility index (Phi) is 51.1. The molecule has 0 bridgehead atoms. The van der Waals surface area contributed by atoms with Gasteiger partial charge in [0.15, 0.2) is 0 Å². The van der Waals surface area contributed by atoms with Gasteiger partial charge in [-0.1, -0.05) is 60.8 Å². The number of hydrogen-bond acceptors (Lipinski definition) is 0. The molecule has 0 rings (SSSR count). The van der Waals surface area contributed by atoms with Crippen LogP contribution in [0.15, 0.2) is 0 Å². The van der Waals surface area contributed by atoms with Crippen LogP contribution in [0.3, 0.4) is 0 Å². The van der Waals surface area contributed by atoms with Crippen LogP contribution in [0.4, 0.5) is 0 Å². The minimum absolute atomic E-state index is 0. The minimum Gasteiger partial charge on any atom is -0.197 e. The molecule has 0 aliphatic rings. The molecule has 68 valence electrons.